The Bertz CT molecular complexity index is 1080. The van der Waals surface area contributed by atoms with Gasteiger partial charge in [-0.3, -0.25) is 0 Å². The molecule has 4 rings (SSSR count). The lowest BCUT2D eigenvalue weighted by molar-refractivity contribution is 0.277. The molecule has 0 radical (unpaired) electrons. The number of aryl methyl sites for hydroxylation is 1. The van der Waals surface area contributed by atoms with Crippen molar-refractivity contribution in [2.45, 2.75) is 52.4 Å². The van der Waals surface area contributed by atoms with Gasteiger partial charge in [-0.15, -0.1) is 0 Å². The second kappa shape index (κ2) is 10.5. The molecule has 1 aliphatic rings. The zero-order valence-electron chi connectivity index (χ0n) is 19.3. The molecule has 0 aliphatic heterocycles. The summed E-state index contributed by atoms with van der Waals surface area (Å²) < 4.78 is 48.6. The van der Waals surface area contributed by atoms with E-state index in [1.54, 1.807) is 37.3 Å². The number of halogens is 3. The maximum atomic E-state index is 14.8. The highest BCUT2D eigenvalue weighted by molar-refractivity contribution is 5.71. The lowest BCUT2D eigenvalue weighted by Gasteiger charge is -2.26. The molecule has 0 saturated heterocycles. The normalized spacial score (nSPS) is 18.3. The first kappa shape index (κ1) is 23.4. The van der Waals surface area contributed by atoms with E-state index in [0.717, 1.165) is 35.4 Å². The van der Waals surface area contributed by atoms with Crippen molar-refractivity contribution in [3.63, 3.8) is 0 Å². The Balaban J connectivity index is 1.46. The van der Waals surface area contributed by atoms with E-state index in [0.29, 0.717) is 11.5 Å². The third-order valence-corrected chi connectivity index (χ3v) is 6.89. The summed E-state index contributed by atoms with van der Waals surface area (Å²) in [5.74, 6) is -0.658. The predicted molar refractivity (Wildman–Crippen MR) is 128 cm³/mol. The van der Waals surface area contributed by atoms with Gasteiger partial charge in [0.2, 0.25) is 5.82 Å². The van der Waals surface area contributed by atoms with Crippen LogP contribution in [0, 0.1) is 29.3 Å². The summed E-state index contributed by atoms with van der Waals surface area (Å²) in [6.07, 6.45) is 6.90. The fourth-order valence-corrected chi connectivity index (χ4v) is 4.77. The van der Waals surface area contributed by atoms with E-state index in [1.807, 2.05) is 12.1 Å². The molecule has 1 aliphatic carbocycles. The smallest absolute Gasteiger partial charge is 0.201 e. The first-order chi connectivity index (χ1) is 16.0. The van der Waals surface area contributed by atoms with Crippen LogP contribution in [0.4, 0.5) is 13.2 Å². The Hall–Kier alpha value is -2.75. The van der Waals surface area contributed by atoms with Crippen LogP contribution in [0.5, 0.6) is 5.75 Å². The second-order valence-electron chi connectivity index (χ2n) is 9.22. The molecule has 0 spiro atoms. The van der Waals surface area contributed by atoms with Crippen LogP contribution in [0.2, 0.25) is 0 Å². The van der Waals surface area contributed by atoms with Crippen LogP contribution in [0.1, 0.15) is 51.5 Å². The topological polar surface area (TPSA) is 9.23 Å². The molecule has 0 atom stereocenters. The Morgan fingerprint density at radius 3 is 2.12 bits per heavy atom. The van der Waals surface area contributed by atoms with Gasteiger partial charge in [-0.25, -0.2) is 8.78 Å². The van der Waals surface area contributed by atoms with Crippen molar-refractivity contribution in [3.8, 4) is 28.0 Å². The molecule has 0 amide bonds. The summed E-state index contributed by atoms with van der Waals surface area (Å²) in [5, 5.41) is 0. The fourth-order valence-electron chi connectivity index (χ4n) is 4.77. The summed E-state index contributed by atoms with van der Waals surface area (Å²) in [6.45, 7) is 4.30. The molecule has 3 aromatic rings. The minimum Gasteiger partial charge on any atom is -0.491 e. The van der Waals surface area contributed by atoms with Crippen molar-refractivity contribution in [2.24, 2.45) is 11.8 Å². The van der Waals surface area contributed by atoms with E-state index in [-0.39, 0.29) is 23.7 Å². The van der Waals surface area contributed by atoms with Crippen molar-refractivity contribution in [1.29, 1.82) is 0 Å². The van der Waals surface area contributed by atoms with Gasteiger partial charge in [0.1, 0.15) is 5.82 Å². The highest BCUT2D eigenvalue weighted by Gasteiger charge is 2.19. The van der Waals surface area contributed by atoms with Crippen molar-refractivity contribution in [2.75, 3.05) is 6.61 Å². The van der Waals surface area contributed by atoms with Crippen LogP contribution in [-0.4, -0.2) is 6.61 Å². The van der Waals surface area contributed by atoms with Crippen LogP contribution in [0.3, 0.4) is 0 Å². The summed E-state index contributed by atoms with van der Waals surface area (Å²) in [4.78, 5) is 0. The van der Waals surface area contributed by atoms with Gasteiger partial charge in [0, 0.05) is 5.56 Å². The van der Waals surface area contributed by atoms with Crippen LogP contribution in [-0.2, 0) is 6.42 Å². The van der Waals surface area contributed by atoms with Gasteiger partial charge in [-0.2, -0.15) is 4.39 Å². The zero-order chi connectivity index (χ0) is 23.4. The monoisotopic (exact) mass is 452 g/mol. The predicted octanol–water partition coefficient (Wildman–Crippen LogP) is 8.60. The SMILES string of the molecule is CCOc1ccc(-c2ccc(-c3ccc(CCC4CCC(C)CC4)c(F)c3)cc2)c(F)c1F. The van der Waals surface area contributed by atoms with Crippen LogP contribution in [0.25, 0.3) is 22.3 Å². The average molecular weight is 453 g/mol. The summed E-state index contributed by atoms with van der Waals surface area (Å²) in [5.41, 5.74) is 3.09. The summed E-state index contributed by atoms with van der Waals surface area (Å²) in [6, 6.07) is 15.4. The largest absolute Gasteiger partial charge is 0.491 e. The fraction of sp³-hybridized carbons (Fsp3) is 0.379. The van der Waals surface area contributed by atoms with Crippen LogP contribution < -0.4 is 4.74 Å². The van der Waals surface area contributed by atoms with Gasteiger partial charge in [0.05, 0.1) is 6.61 Å². The second-order valence-corrected chi connectivity index (χ2v) is 9.22. The molecule has 0 heterocycles. The van der Waals surface area contributed by atoms with Gasteiger partial charge in [-0.1, -0.05) is 69.0 Å². The van der Waals surface area contributed by atoms with Crippen molar-refractivity contribution in [1.82, 2.24) is 0 Å². The number of ether oxygens (including phenoxy) is 1. The number of hydrogen-bond donors (Lipinski definition) is 0. The van der Waals surface area contributed by atoms with E-state index >= 15 is 0 Å². The standard InChI is InChI=1S/C29H31F3O/c1-3-33-27-17-16-25(28(31)29(27)32)22-12-10-21(11-13-22)24-15-14-23(26(30)18-24)9-8-20-6-4-19(2)5-7-20/h10-20H,3-9H2,1-2H3. The van der Waals surface area contributed by atoms with Crippen molar-refractivity contribution < 1.29 is 17.9 Å². The van der Waals surface area contributed by atoms with Crippen LogP contribution >= 0.6 is 0 Å². The Labute approximate surface area is 194 Å². The number of rotatable bonds is 7. The van der Waals surface area contributed by atoms with E-state index < -0.39 is 11.6 Å². The van der Waals surface area contributed by atoms with E-state index in [4.69, 9.17) is 4.74 Å². The molecule has 0 unspecified atom stereocenters. The first-order valence-electron chi connectivity index (χ1n) is 12.0. The highest BCUT2D eigenvalue weighted by atomic mass is 19.2. The molecule has 33 heavy (non-hydrogen) atoms. The minimum absolute atomic E-state index is 0.0935. The first-order valence-corrected chi connectivity index (χ1v) is 12.0. The third-order valence-electron chi connectivity index (χ3n) is 6.89. The van der Waals surface area contributed by atoms with Gasteiger partial charge in [-0.05, 0) is 72.1 Å². The van der Waals surface area contributed by atoms with Gasteiger partial charge in [0.15, 0.2) is 11.6 Å². The maximum absolute atomic E-state index is 14.8. The Morgan fingerprint density at radius 1 is 0.788 bits per heavy atom. The van der Waals surface area contributed by atoms with Crippen molar-refractivity contribution >= 4 is 0 Å². The molecular formula is C29H31F3O. The van der Waals surface area contributed by atoms with Gasteiger partial charge >= 0.3 is 0 Å². The summed E-state index contributed by atoms with van der Waals surface area (Å²) in [7, 11) is 0. The van der Waals surface area contributed by atoms with E-state index in [1.165, 1.54) is 37.8 Å². The molecule has 0 bridgehead atoms. The van der Waals surface area contributed by atoms with Gasteiger partial charge < -0.3 is 4.74 Å². The quantitative estimate of drug-likeness (QED) is 0.349. The molecule has 0 N–H and O–H groups in total. The molecule has 4 heteroatoms. The van der Waals surface area contributed by atoms with E-state index in [9.17, 15) is 13.2 Å². The van der Waals surface area contributed by atoms with Crippen molar-refractivity contribution in [3.05, 3.63) is 77.6 Å². The summed E-state index contributed by atoms with van der Waals surface area (Å²) >= 11 is 0. The van der Waals surface area contributed by atoms with E-state index in [2.05, 4.69) is 6.92 Å². The number of hydrogen-bond acceptors (Lipinski definition) is 1. The molecule has 3 aromatic carbocycles. The van der Waals surface area contributed by atoms with Gasteiger partial charge in [0.25, 0.3) is 0 Å². The lowest BCUT2D eigenvalue weighted by atomic mass is 9.80. The molecule has 1 saturated carbocycles. The molecular weight excluding hydrogens is 421 g/mol. The molecule has 1 nitrogen and oxygen atoms in total. The van der Waals surface area contributed by atoms with Crippen LogP contribution in [0.15, 0.2) is 54.6 Å². The Kier molecular flexibility index (Phi) is 7.42. The third kappa shape index (κ3) is 5.43. The minimum atomic E-state index is -0.987. The average Bonchev–Trinajstić information content (AvgIpc) is 2.83. The zero-order valence-corrected chi connectivity index (χ0v) is 19.3. The maximum Gasteiger partial charge on any atom is 0.201 e. The number of benzene rings is 3. The lowest BCUT2D eigenvalue weighted by Crippen LogP contribution is -2.13. The molecule has 1 fully saturated rings. The molecule has 0 aromatic heterocycles. The molecule has 174 valence electrons. The Morgan fingerprint density at radius 2 is 1.45 bits per heavy atom. The highest BCUT2D eigenvalue weighted by Crippen LogP contribution is 2.33.